The van der Waals surface area contributed by atoms with Gasteiger partial charge in [-0.25, -0.2) is 14.0 Å². The predicted molar refractivity (Wildman–Crippen MR) is 126 cm³/mol. The molecule has 3 fully saturated rings. The molecule has 2 N–H and O–H groups in total. The average molecular weight is 530 g/mol. The fourth-order valence-electron chi connectivity index (χ4n) is 6.00. The van der Waals surface area contributed by atoms with Crippen molar-refractivity contribution in [1.82, 2.24) is 15.8 Å². The lowest BCUT2D eigenvalue weighted by atomic mass is 9.66. The van der Waals surface area contributed by atoms with Gasteiger partial charge in [-0.2, -0.15) is 0 Å². The van der Waals surface area contributed by atoms with Gasteiger partial charge in [0.1, 0.15) is 7.11 Å². The van der Waals surface area contributed by atoms with Crippen molar-refractivity contribution in [1.29, 1.82) is 0 Å². The molecule has 0 aliphatic carbocycles. The molecule has 1 aromatic heterocycles. The summed E-state index contributed by atoms with van der Waals surface area (Å²) in [7, 11) is 1.35. The number of barbiturate groups is 1. The maximum Gasteiger partial charge on any atom is 0.416 e. The molecule has 0 radical (unpaired) electrons. The van der Waals surface area contributed by atoms with E-state index in [2.05, 4.69) is 25.8 Å². The molecule has 4 aliphatic rings. The SMILES string of the molecule is CO/N=C/[C@H]1CN(c2noc3c(F)c4c(cc23)CC2(C(=O)NC(=O)NC2=O)C2[C@H](C)O[C@H](C)CN42)C(=O)O1. The van der Waals surface area contributed by atoms with E-state index in [0.717, 1.165) is 0 Å². The Morgan fingerprint density at radius 1 is 1.21 bits per heavy atom. The van der Waals surface area contributed by atoms with Crippen molar-refractivity contribution in [2.75, 3.05) is 30.0 Å². The third kappa shape index (κ3) is 3.27. The van der Waals surface area contributed by atoms with E-state index in [1.54, 1.807) is 24.8 Å². The molecule has 200 valence electrons. The second-order valence-corrected chi connectivity index (χ2v) is 9.69. The van der Waals surface area contributed by atoms with Gasteiger partial charge >= 0.3 is 12.1 Å². The van der Waals surface area contributed by atoms with Crippen LogP contribution in [0, 0.1) is 11.2 Å². The van der Waals surface area contributed by atoms with Gasteiger partial charge in [0.2, 0.25) is 17.4 Å². The number of urea groups is 1. The minimum Gasteiger partial charge on any atom is -0.438 e. The molecule has 0 saturated carbocycles. The Labute approximate surface area is 214 Å². The van der Waals surface area contributed by atoms with E-state index in [1.165, 1.54) is 18.2 Å². The number of halogens is 1. The Bertz CT molecular complexity index is 1400. The number of amides is 5. The van der Waals surface area contributed by atoms with Crippen molar-refractivity contribution in [3.05, 3.63) is 17.4 Å². The van der Waals surface area contributed by atoms with Crippen LogP contribution in [0.3, 0.4) is 0 Å². The molecule has 38 heavy (non-hydrogen) atoms. The zero-order valence-corrected chi connectivity index (χ0v) is 20.5. The number of carbonyl (C=O) groups excluding carboxylic acids is 4. The first-order valence-electron chi connectivity index (χ1n) is 11.9. The van der Waals surface area contributed by atoms with E-state index in [1.807, 2.05) is 0 Å². The first-order chi connectivity index (χ1) is 18.1. The number of hydrogen-bond donors (Lipinski definition) is 2. The summed E-state index contributed by atoms with van der Waals surface area (Å²) in [5.74, 6) is -2.35. The highest BCUT2D eigenvalue weighted by molar-refractivity contribution is 6.20. The first kappa shape index (κ1) is 24.1. The number of hydrogen-bond acceptors (Lipinski definition) is 11. The molecule has 4 atom stereocenters. The van der Waals surface area contributed by atoms with Crippen LogP contribution in [0.15, 0.2) is 15.7 Å². The molecule has 5 heterocycles. The number of oxime groups is 1. The van der Waals surface area contributed by atoms with Crippen LogP contribution < -0.4 is 20.4 Å². The summed E-state index contributed by atoms with van der Waals surface area (Å²) < 4.78 is 32.7. The second kappa shape index (κ2) is 8.37. The summed E-state index contributed by atoms with van der Waals surface area (Å²) in [6, 6.07) is -0.297. The van der Waals surface area contributed by atoms with Gasteiger partial charge in [-0.3, -0.25) is 25.1 Å². The van der Waals surface area contributed by atoms with Gasteiger partial charge < -0.3 is 23.7 Å². The first-order valence-corrected chi connectivity index (χ1v) is 11.9. The van der Waals surface area contributed by atoms with E-state index >= 15 is 4.39 Å². The largest absolute Gasteiger partial charge is 0.438 e. The third-order valence-electron chi connectivity index (χ3n) is 7.37. The molecule has 2 aromatic rings. The summed E-state index contributed by atoms with van der Waals surface area (Å²) in [5.41, 5.74) is -1.53. The van der Waals surface area contributed by atoms with Gasteiger partial charge in [-0.05, 0) is 25.5 Å². The fourth-order valence-corrected chi connectivity index (χ4v) is 6.00. The Hall–Kier alpha value is -4.27. The molecule has 3 saturated heterocycles. The molecule has 1 unspecified atom stereocenters. The van der Waals surface area contributed by atoms with E-state index in [4.69, 9.17) is 14.0 Å². The van der Waals surface area contributed by atoms with Crippen molar-refractivity contribution >= 4 is 52.6 Å². The summed E-state index contributed by atoms with van der Waals surface area (Å²) >= 11 is 0. The van der Waals surface area contributed by atoms with Crippen LogP contribution in [-0.4, -0.2) is 79.9 Å². The number of aromatic nitrogens is 1. The lowest BCUT2D eigenvalue weighted by molar-refractivity contribution is -0.153. The smallest absolute Gasteiger partial charge is 0.416 e. The number of carbonyl (C=O) groups is 4. The van der Waals surface area contributed by atoms with Gasteiger partial charge in [0.05, 0.1) is 42.1 Å². The Morgan fingerprint density at radius 3 is 2.66 bits per heavy atom. The topological polar surface area (TPSA) is 165 Å². The third-order valence-corrected chi connectivity index (χ3v) is 7.37. The molecule has 0 bridgehead atoms. The normalized spacial score (nSPS) is 28.4. The monoisotopic (exact) mass is 530 g/mol. The maximum absolute atomic E-state index is 16.2. The lowest BCUT2D eigenvalue weighted by Crippen LogP contribution is -2.75. The number of fused-ring (bicyclic) bond motifs is 5. The van der Waals surface area contributed by atoms with Crippen LogP contribution in [0.2, 0.25) is 0 Å². The summed E-state index contributed by atoms with van der Waals surface area (Å²) in [6.07, 6.45) is -1.43. The van der Waals surface area contributed by atoms with Crippen molar-refractivity contribution < 1.29 is 42.4 Å². The van der Waals surface area contributed by atoms with E-state index in [9.17, 15) is 19.2 Å². The number of morpholine rings is 1. The minimum atomic E-state index is -1.79. The Balaban J connectivity index is 1.50. The van der Waals surface area contributed by atoms with E-state index in [0.29, 0.717) is 5.56 Å². The molecule has 6 rings (SSSR count). The molecular weight excluding hydrogens is 507 g/mol. The highest BCUT2D eigenvalue weighted by atomic mass is 19.1. The minimum absolute atomic E-state index is 0.00706. The van der Waals surface area contributed by atoms with Gasteiger partial charge in [0.25, 0.3) is 0 Å². The van der Waals surface area contributed by atoms with Crippen molar-refractivity contribution in [3.63, 3.8) is 0 Å². The number of cyclic esters (lactones) is 1. The van der Waals surface area contributed by atoms with Crippen molar-refractivity contribution in [3.8, 4) is 0 Å². The summed E-state index contributed by atoms with van der Waals surface area (Å²) in [4.78, 5) is 58.5. The molecule has 4 aliphatic heterocycles. The molecule has 14 nitrogen and oxygen atoms in total. The van der Waals surface area contributed by atoms with Crippen molar-refractivity contribution in [2.45, 2.75) is 44.6 Å². The number of benzene rings is 1. The lowest BCUT2D eigenvalue weighted by Gasteiger charge is -2.55. The van der Waals surface area contributed by atoms with E-state index in [-0.39, 0.29) is 48.1 Å². The maximum atomic E-state index is 16.2. The van der Waals surface area contributed by atoms with Gasteiger partial charge in [-0.1, -0.05) is 10.3 Å². The van der Waals surface area contributed by atoms with Crippen LogP contribution in [-0.2, 0) is 30.3 Å². The predicted octanol–water partition coefficient (Wildman–Crippen LogP) is 0.815. The molecule has 1 aromatic carbocycles. The van der Waals surface area contributed by atoms with Crippen LogP contribution in [0.5, 0.6) is 0 Å². The molecule has 5 amide bonds. The number of nitrogens with one attached hydrogen (secondary N) is 2. The number of ether oxygens (including phenoxy) is 2. The van der Waals surface area contributed by atoms with Gasteiger partial charge in [0.15, 0.2) is 23.2 Å². The Kier molecular flexibility index (Phi) is 5.31. The van der Waals surface area contributed by atoms with E-state index < -0.39 is 53.4 Å². The van der Waals surface area contributed by atoms with Crippen LogP contribution in [0.4, 0.5) is 25.5 Å². The zero-order chi connectivity index (χ0) is 26.9. The fraction of sp³-hybridized carbons (Fsp3) is 0.478. The molecule has 1 spiro atoms. The summed E-state index contributed by atoms with van der Waals surface area (Å²) in [5, 5.41) is 12.1. The quantitative estimate of drug-likeness (QED) is 0.330. The average Bonchev–Trinajstić information content (AvgIpc) is 3.43. The molecular formula is C23H23FN6O8. The van der Waals surface area contributed by atoms with Crippen molar-refractivity contribution in [2.24, 2.45) is 10.6 Å². The number of anilines is 2. The number of imide groups is 2. The second-order valence-electron chi connectivity index (χ2n) is 9.69. The highest BCUT2D eigenvalue weighted by Gasteiger charge is 2.63. The van der Waals surface area contributed by atoms with Gasteiger partial charge in [-0.15, -0.1) is 0 Å². The van der Waals surface area contributed by atoms with Crippen LogP contribution in [0.25, 0.3) is 11.0 Å². The zero-order valence-electron chi connectivity index (χ0n) is 20.5. The number of nitrogens with zero attached hydrogens (tertiary/aromatic N) is 4. The number of rotatable bonds is 3. The van der Waals surface area contributed by atoms with Crippen LogP contribution >= 0.6 is 0 Å². The summed E-state index contributed by atoms with van der Waals surface area (Å²) in [6.45, 7) is 3.68. The van der Waals surface area contributed by atoms with Crippen LogP contribution in [0.1, 0.15) is 19.4 Å². The van der Waals surface area contributed by atoms with Gasteiger partial charge in [0, 0.05) is 13.0 Å². The highest BCUT2D eigenvalue weighted by Crippen LogP contribution is 2.49. The standard InChI is InChI=1S/C23H23FN6O8/c1-9-7-29-15-11(5-23(17(29)10(2)36-9)19(31)26-21(33)27-20(23)32)4-13-16(14(15)24)38-28-18(13)30-8-12(6-25-35-3)37-22(30)34/h4,6,9-10,12,17H,5,7-8H2,1-3H3,(H2,26,27,31,32,33)/b25-6+/t9-,10+,12+,17?/m1/s1. The molecule has 15 heteroatoms. The Morgan fingerprint density at radius 2 is 1.95 bits per heavy atom.